The summed E-state index contributed by atoms with van der Waals surface area (Å²) in [5, 5.41) is 4.48. The standard InChI is InChI=1S/C28H38N6O2/c1-16(13-29)34(7)27-23-21(18-9-10-20(36-8)17(2)24(18)32-27)22-19(25(23)35)11-12-30-26(22)31-14-28(3,4)15-33(5)6/h9-12,16H,13-15,29H2,1-8H3,(H,30,31). The molecule has 1 aliphatic rings. The van der Waals surface area contributed by atoms with Gasteiger partial charge in [0.05, 0.1) is 18.2 Å². The third-order valence-electron chi connectivity index (χ3n) is 7.05. The lowest BCUT2D eigenvalue weighted by Crippen LogP contribution is -2.36. The number of anilines is 2. The predicted molar refractivity (Wildman–Crippen MR) is 147 cm³/mol. The smallest absolute Gasteiger partial charge is 0.198 e. The van der Waals surface area contributed by atoms with Crippen LogP contribution in [0, 0.1) is 12.3 Å². The van der Waals surface area contributed by atoms with Crippen molar-refractivity contribution in [3.05, 3.63) is 41.1 Å². The molecule has 0 saturated heterocycles. The lowest BCUT2D eigenvalue weighted by molar-refractivity contribution is 0.104. The number of aromatic nitrogens is 2. The minimum atomic E-state index is -0.0352. The summed E-state index contributed by atoms with van der Waals surface area (Å²) in [6.45, 7) is 10.5. The number of ketones is 1. The highest BCUT2D eigenvalue weighted by atomic mass is 16.5. The molecule has 36 heavy (non-hydrogen) atoms. The number of nitrogens with one attached hydrogen (secondary N) is 1. The molecule has 0 radical (unpaired) electrons. The molecule has 3 N–H and O–H groups in total. The molecule has 0 aliphatic heterocycles. The zero-order valence-electron chi connectivity index (χ0n) is 22.7. The van der Waals surface area contributed by atoms with Crippen molar-refractivity contribution < 1.29 is 9.53 Å². The lowest BCUT2D eigenvalue weighted by atomic mass is 9.92. The Labute approximate surface area is 213 Å². The summed E-state index contributed by atoms with van der Waals surface area (Å²) in [5.41, 5.74) is 10.7. The van der Waals surface area contributed by atoms with Gasteiger partial charge >= 0.3 is 0 Å². The quantitative estimate of drug-likeness (QED) is 0.364. The fraction of sp³-hybridized carbons (Fsp3) is 0.464. The van der Waals surface area contributed by atoms with Gasteiger partial charge in [-0.1, -0.05) is 13.8 Å². The molecule has 8 heteroatoms. The van der Waals surface area contributed by atoms with E-state index in [1.807, 2.05) is 44.0 Å². The topological polar surface area (TPSA) is 96.6 Å². The van der Waals surface area contributed by atoms with E-state index in [1.54, 1.807) is 13.3 Å². The number of ether oxygens (including phenoxy) is 1. The van der Waals surface area contributed by atoms with Gasteiger partial charge in [-0.2, -0.15) is 0 Å². The second-order valence-corrected chi connectivity index (χ2v) is 10.8. The minimum Gasteiger partial charge on any atom is -0.496 e. The van der Waals surface area contributed by atoms with Crippen LogP contribution in [0.5, 0.6) is 5.75 Å². The summed E-state index contributed by atoms with van der Waals surface area (Å²) in [4.78, 5) is 27.8. The molecule has 0 amide bonds. The summed E-state index contributed by atoms with van der Waals surface area (Å²) in [5.74, 6) is 2.07. The third kappa shape index (κ3) is 4.40. The van der Waals surface area contributed by atoms with Crippen molar-refractivity contribution in [3.63, 3.8) is 0 Å². The van der Waals surface area contributed by atoms with Crippen molar-refractivity contribution in [1.29, 1.82) is 0 Å². The Morgan fingerprint density at radius 2 is 1.86 bits per heavy atom. The molecular weight excluding hydrogens is 452 g/mol. The highest BCUT2D eigenvalue weighted by Gasteiger charge is 2.37. The first kappa shape index (κ1) is 25.9. The number of aryl methyl sites for hydroxylation is 1. The number of benzene rings is 1. The molecule has 1 aliphatic carbocycles. The Bertz CT molecular complexity index is 1320. The molecule has 0 spiro atoms. The fourth-order valence-corrected chi connectivity index (χ4v) is 5.16. The van der Waals surface area contributed by atoms with Crippen molar-refractivity contribution in [2.45, 2.75) is 33.7 Å². The summed E-state index contributed by atoms with van der Waals surface area (Å²) < 4.78 is 5.59. The predicted octanol–water partition coefficient (Wildman–Crippen LogP) is 3.94. The van der Waals surface area contributed by atoms with Gasteiger partial charge in [-0.25, -0.2) is 9.97 Å². The number of methoxy groups -OCH3 is 1. The van der Waals surface area contributed by atoms with E-state index >= 15 is 0 Å². The first-order valence-electron chi connectivity index (χ1n) is 12.4. The van der Waals surface area contributed by atoms with Crippen molar-refractivity contribution in [2.24, 2.45) is 11.1 Å². The number of hydrogen-bond acceptors (Lipinski definition) is 8. The minimum absolute atomic E-state index is 0.00373. The first-order valence-corrected chi connectivity index (χ1v) is 12.4. The average Bonchev–Trinajstić information content (AvgIpc) is 3.14. The number of rotatable bonds is 9. The van der Waals surface area contributed by atoms with Gasteiger partial charge < -0.3 is 25.6 Å². The van der Waals surface area contributed by atoms with Crippen LogP contribution in [0.1, 0.15) is 42.3 Å². The van der Waals surface area contributed by atoms with Crippen LogP contribution < -0.4 is 20.7 Å². The monoisotopic (exact) mass is 490 g/mol. The average molecular weight is 491 g/mol. The number of nitrogens with two attached hydrogens (primary N) is 1. The van der Waals surface area contributed by atoms with Crippen molar-refractivity contribution in [1.82, 2.24) is 14.9 Å². The van der Waals surface area contributed by atoms with Gasteiger partial charge in [0.15, 0.2) is 5.78 Å². The van der Waals surface area contributed by atoms with Crippen LogP contribution >= 0.6 is 0 Å². The van der Waals surface area contributed by atoms with E-state index in [0.29, 0.717) is 35.9 Å². The molecule has 0 fully saturated rings. The number of carbonyl (C=O) groups excluding carboxylic acids is 1. The fourth-order valence-electron chi connectivity index (χ4n) is 5.16. The van der Waals surface area contributed by atoms with Gasteiger partial charge in [-0.05, 0) is 51.6 Å². The number of hydrogen-bond donors (Lipinski definition) is 2. The van der Waals surface area contributed by atoms with Gasteiger partial charge in [0, 0.05) is 66.6 Å². The highest BCUT2D eigenvalue weighted by molar-refractivity contribution is 6.29. The Morgan fingerprint density at radius 3 is 2.50 bits per heavy atom. The molecule has 2 aromatic heterocycles. The SMILES string of the molecule is COc1ccc2c3c(c(N(C)C(C)CN)nc2c1C)C(=O)c1ccnc(NCC(C)(C)CN(C)C)c1-3. The zero-order valence-corrected chi connectivity index (χ0v) is 22.7. The van der Waals surface area contributed by atoms with Gasteiger partial charge in [0.2, 0.25) is 0 Å². The molecule has 2 heterocycles. The first-order chi connectivity index (χ1) is 17.0. The van der Waals surface area contributed by atoms with Crippen LogP contribution in [-0.4, -0.2) is 74.6 Å². The summed E-state index contributed by atoms with van der Waals surface area (Å²) in [6, 6.07) is 5.76. The maximum Gasteiger partial charge on any atom is 0.198 e. The Balaban J connectivity index is 1.97. The summed E-state index contributed by atoms with van der Waals surface area (Å²) in [7, 11) is 7.75. The normalized spacial score (nSPS) is 13.7. The van der Waals surface area contributed by atoms with E-state index in [0.717, 1.165) is 39.9 Å². The molecule has 4 rings (SSSR count). The van der Waals surface area contributed by atoms with Crippen LogP contribution in [0.15, 0.2) is 24.4 Å². The maximum absolute atomic E-state index is 13.9. The number of nitrogens with zero attached hydrogens (tertiary/aromatic N) is 4. The van der Waals surface area contributed by atoms with Crippen LogP contribution in [0.2, 0.25) is 0 Å². The van der Waals surface area contributed by atoms with Crippen molar-refractivity contribution in [2.75, 3.05) is 58.1 Å². The molecule has 1 atom stereocenters. The van der Waals surface area contributed by atoms with E-state index in [4.69, 9.17) is 20.4 Å². The lowest BCUT2D eigenvalue weighted by Gasteiger charge is -2.29. The van der Waals surface area contributed by atoms with E-state index in [2.05, 4.69) is 38.2 Å². The Kier molecular flexibility index (Phi) is 6.94. The van der Waals surface area contributed by atoms with Gasteiger partial charge in [0.1, 0.15) is 17.4 Å². The molecule has 0 saturated carbocycles. The van der Waals surface area contributed by atoms with Crippen LogP contribution in [-0.2, 0) is 0 Å². The van der Waals surface area contributed by atoms with Crippen LogP contribution in [0.3, 0.4) is 0 Å². The van der Waals surface area contributed by atoms with E-state index in [1.165, 1.54) is 0 Å². The number of likely N-dealkylation sites (N-methyl/N-ethyl adjacent to an activating group) is 1. The van der Waals surface area contributed by atoms with E-state index in [9.17, 15) is 4.79 Å². The summed E-state index contributed by atoms with van der Waals surface area (Å²) in [6.07, 6.45) is 1.71. The highest BCUT2D eigenvalue weighted by Crippen LogP contribution is 2.48. The zero-order chi connectivity index (χ0) is 26.4. The Hall–Kier alpha value is -3.23. The van der Waals surface area contributed by atoms with Crippen molar-refractivity contribution >= 4 is 28.3 Å². The Morgan fingerprint density at radius 1 is 1.14 bits per heavy atom. The van der Waals surface area contributed by atoms with Gasteiger partial charge in [-0.3, -0.25) is 4.79 Å². The summed E-state index contributed by atoms with van der Waals surface area (Å²) >= 11 is 0. The molecule has 0 bridgehead atoms. The second-order valence-electron chi connectivity index (χ2n) is 10.8. The third-order valence-corrected chi connectivity index (χ3v) is 7.05. The van der Waals surface area contributed by atoms with Crippen LogP contribution in [0.25, 0.3) is 22.0 Å². The van der Waals surface area contributed by atoms with Crippen LogP contribution in [0.4, 0.5) is 11.6 Å². The van der Waals surface area contributed by atoms with Gasteiger partial charge in [0.25, 0.3) is 0 Å². The van der Waals surface area contributed by atoms with E-state index in [-0.39, 0.29) is 17.2 Å². The largest absolute Gasteiger partial charge is 0.496 e. The maximum atomic E-state index is 13.9. The number of carbonyl (C=O) groups is 1. The molecule has 1 aromatic carbocycles. The molecule has 3 aromatic rings. The van der Waals surface area contributed by atoms with Crippen molar-refractivity contribution in [3.8, 4) is 16.9 Å². The number of pyridine rings is 2. The molecule has 8 nitrogen and oxygen atoms in total. The molecular formula is C28H38N6O2. The molecule has 1 unspecified atom stereocenters. The van der Waals surface area contributed by atoms with E-state index < -0.39 is 0 Å². The van der Waals surface area contributed by atoms with Gasteiger partial charge in [-0.15, -0.1) is 0 Å². The number of fused-ring (bicyclic) bond motifs is 5. The molecule has 192 valence electrons. The second kappa shape index (κ2) is 9.67.